The maximum absolute atomic E-state index is 2.64. The number of hydrogen-bond acceptors (Lipinski definition) is 0. The molecule has 8 bridgehead atoms. The van der Waals surface area contributed by atoms with Gasteiger partial charge in [-0.25, -0.2) is 0 Å². The minimum absolute atomic E-state index is 0.368. The molecule has 6 aliphatic heterocycles. The summed E-state index contributed by atoms with van der Waals surface area (Å²) in [4.78, 5) is 0. The molecule has 0 N–H and O–H groups in total. The van der Waals surface area contributed by atoms with Crippen LogP contribution in [-0.4, -0.2) is 36.5 Å². The van der Waals surface area contributed by atoms with Crippen LogP contribution < -0.4 is 5.30 Å². The largest absolute Gasteiger partial charge is 0.102 e. The van der Waals surface area contributed by atoms with Gasteiger partial charge in [-0.05, 0) is 110 Å². The average molecular weight is 398 g/mol. The van der Waals surface area contributed by atoms with Crippen molar-refractivity contribution in [3.63, 3.8) is 0 Å². The van der Waals surface area contributed by atoms with Crippen molar-refractivity contribution in [1.82, 2.24) is 0 Å². The number of hydrogen-bond donors (Lipinski definition) is 0. The fourth-order valence-corrected chi connectivity index (χ4v) is 19.3. The second-order valence-electron chi connectivity index (χ2n) is 11.6. The highest BCUT2D eigenvalue weighted by Gasteiger charge is 2.58. The highest BCUT2D eigenvalue weighted by molar-refractivity contribution is 7.83. The van der Waals surface area contributed by atoms with Gasteiger partial charge in [0.1, 0.15) is 0 Å². The molecule has 2 heteroatoms. The molecule has 27 heavy (non-hydrogen) atoms. The van der Waals surface area contributed by atoms with E-state index in [0.717, 1.165) is 41.2 Å². The lowest BCUT2D eigenvalue weighted by Crippen LogP contribution is -2.47. The van der Waals surface area contributed by atoms with E-state index in [4.69, 9.17) is 0 Å². The summed E-state index contributed by atoms with van der Waals surface area (Å²) < 4.78 is 0. The molecule has 6 heterocycles. The molecule has 0 spiro atoms. The normalized spacial score (nSPS) is 51.9. The maximum Gasteiger partial charge on any atom is 0.0971 e. The first-order valence-electron chi connectivity index (χ1n) is 11.9. The molecule has 2 saturated carbocycles. The summed E-state index contributed by atoms with van der Waals surface area (Å²) >= 11 is 0. The summed E-state index contributed by atoms with van der Waals surface area (Å²) in [5.41, 5.74) is 2.96. The SMILES string of the molecule is c1ccc([P+]23CC4CC(CC(C4)C2)C3)c(CC2C3CC4CC(C3)CP2C4)c1. The molecule has 0 radical (unpaired) electrons. The van der Waals surface area contributed by atoms with Crippen molar-refractivity contribution in [3.05, 3.63) is 29.8 Å². The van der Waals surface area contributed by atoms with E-state index in [1.165, 1.54) is 6.42 Å². The van der Waals surface area contributed by atoms with Crippen LogP contribution in [0.15, 0.2) is 24.3 Å². The molecule has 9 rings (SSSR count). The first-order chi connectivity index (χ1) is 13.2. The van der Waals surface area contributed by atoms with Crippen LogP contribution in [0.1, 0.15) is 44.1 Å². The van der Waals surface area contributed by atoms with Crippen molar-refractivity contribution >= 4 is 20.5 Å². The Morgan fingerprint density at radius 3 is 1.96 bits per heavy atom. The van der Waals surface area contributed by atoms with E-state index in [1.807, 2.05) is 10.9 Å². The van der Waals surface area contributed by atoms with Gasteiger partial charge in [-0.2, -0.15) is 0 Å². The lowest BCUT2D eigenvalue weighted by molar-refractivity contribution is 0.185. The first kappa shape index (κ1) is 16.8. The Hall–Kier alpha value is 0.0800. The van der Waals surface area contributed by atoms with Crippen LogP contribution in [0.3, 0.4) is 0 Å². The topological polar surface area (TPSA) is 0 Å². The lowest BCUT2D eigenvalue weighted by Gasteiger charge is -2.55. The smallest absolute Gasteiger partial charge is 0.0971 e. The third-order valence-electron chi connectivity index (χ3n) is 9.69. The van der Waals surface area contributed by atoms with Crippen molar-refractivity contribution in [2.24, 2.45) is 35.5 Å². The molecule has 3 unspecified atom stereocenters. The summed E-state index contributed by atoms with van der Waals surface area (Å²) in [6.45, 7) is 0. The molecule has 8 fully saturated rings. The van der Waals surface area contributed by atoms with E-state index < -0.39 is 7.26 Å². The van der Waals surface area contributed by atoms with Crippen molar-refractivity contribution in [1.29, 1.82) is 0 Å². The summed E-state index contributed by atoms with van der Waals surface area (Å²) in [5, 5.41) is 1.95. The second kappa shape index (κ2) is 6.05. The Balaban J connectivity index is 1.22. The molecule has 2 aliphatic carbocycles. The fourth-order valence-electron chi connectivity index (χ4n) is 9.35. The van der Waals surface area contributed by atoms with E-state index >= 15 is 0 Å². The van der Waals surface area contributed by atoms with E-state index in [-0.39, 0.29) is 0 Å². The van der Waals surface area contributed by atoms with Crippen LogP contribution >= 0.6 is 15.2 Å². The molecule has 1 aromatic rings. The predicted molar refractivity (Wildman–Crippen MR) is 120 cm³/mol. The van der Waals surface area contributed by atoms with Crippen LogP contribution in [0.2, 0.25) is 0 Å². The molecule has 0 aromatic heterocycles. The quantitative estimate of drug-likeness (QED) is 0.562. The Kier molecular flexibility index (Phi) is 3.77. The first-order valence-corrected chi connectivity index (χ1v) is 16.1. The third-order valence-corrected chi connectivity index (χ3v) is 18.3. The van der Waals surface area contributed by atoms with Gasteiger partial charge in [0.25, 0.3) is 0 Å². The molecule has 144 valence electrons. The fraction of sp³-hybridized carbons (Fsp3) is 0.760. The zero-order chi connectivity index (χ0) is 17.6. The second-order valence-corrected chi connectivity index (χ2v) is 18.0. The lowest BCUT2D eigenvalue weighted by atomic mass is 9.73. The molecule has 8 aliphatic rings. The van der Waals surface area contributed by atoms with E-state index in [2.05, 4.69) is 24.3 Å². The Bertz CT molecular complexity index is 689. The zero-order valence-electron chi connectivity index (χ0n) is 16.7. The van der Waals surface area contributed by atoms with Gasteiger partial charge < -0.3 is 0 Å². The van der Waals surface area contributed by atoms with Crippen molar-refractivity contribution in [2.45, 2.75) is 50.6 Å². The molecular weight excluding hydrogens is 362 g/mol. The average Bonchev–Trinajstić information content (AvgIpc) is 2.63. The van der Waals surface area contributed by atoms with E-state index in [9.17, 15) is 0 Å². The Morgan fingerprint density at radius 2 is 1.33 bits per heavy atom. The summed E-state index contributed by atoms with van der Waals surface area (Å²) in [6, 6.07) is 10.0. The van der Waals surface area contributed by atoms with Crippen LogP contribution in [0, 0.1) is 35.5 Å². The van der Waals surface area contributed by atoms with Gasteiger partial charge in [0.05, 0.1) is 23.8 Å². The molecule has 0 amide bonds. The van der Waals surface area contributed by atoms with Crippen LogP contribution in [0.25, 0.3) is 0 Å². The van der Waals surface area contributed by atoms with Crippen molar-refractivity contribution in [2.75, 3.05) is 30.8 Å². The van der Waals surface area contributed by atoms with Crippen LogP contribution in [-0.2, 0) is 6.42 Å². The highest BCUT2D eigenvalue weighted by Crippen LogP contribution is 2.73. The number of rotatable bonds is 3. The predicted octanol–water partition coefficient (Wildman–Crippen LogP) is 5.84. The van der Waals surface area contributed by atoms with Gasteiger partial charge in [0.15, 0.2) is 0 Å². The monoisotopic (exact) mass is 397 g/mol. The van der Waals surface area contributed by atoms with E-state index in [0.29, 0.717) is 7.92 Å². The number of benzene rings is 1. The van der Waals surface area contributed by atoms with Crippen LogP contribution in [0.4, 0.5) is 0 Å². The van der Waals surface area contributed by atoms with Gasteiger partial charge in [0, 0.05) is 7.26 Å². The highest BCUT2D eigenvalue weighted by atomic mass is 31.2. The Labute approximate surface area is 167 Å². The third kappa shape index (κ3) is 2.61. The van der Waals surface area contributed by atoms with E-state index in [1.54, 1.807) is 69.3 Å². The van der Waals surface area contributed by atoms with Crippen molar-refractivity contribution in [3.8, 4) is 0 Å². The molecule has 3 atom stereocenters. The maximum atomic E-state index is 2.64. The van der Waals surface area contributed by atoms with Gasteiger partial charge in [-0.3, -0.25) is 0 Å². The van der Waals surface area contributed by atoms with Gasteiger partial charge in [-0.15, -0.1) is 7.92 Å². The minimum atomic E-state index is -0.831. The molecular formula is C25H35P2+. The summed E-state index contributed by atoms with van der Waals surface area (Å²) in [6.07, 6.45) is 19.3. The van der Waals surface area contributed by atoms with Gasteiger partial charge in [-0.1, -0.05) is 18.2 Å². The Morgan fingerprint density at radius 1 is 0.741 bits per heavy atom. The molecule has 6 saturated heterocycles. The zero-order valence-corrected chi connectivity index (χ0v) is 18.5. The van der Waals surface area contributed by atoms with Gasteiger partial charge in [0.2, 0.25) is 0 Å². The summed E-state index contributed by atoms with van der Waals surface area (Å²) in [5.74, 6) is 6.76. The van der Waals surface area contributed by atoms with Crippen molar-refractivity contribution < 1.29 is 0 Å². The molecule has 0 nitrogen and oxygen atoms in total. The summed E-state index contributed by atoms with van der Waals surface area (Å²) in [7, 11) is -0.463. The minimum Gasteiger partial charge on any atom is -0.102 e. The standard InChI is InChI=1S/C25H35P2/c1-2-4-25(27-14-19-6-20(15-27)8-21(7-19)16-27)22(3-1)11-24-23-9-17-5-18(10-23)13-26(24)12-17/h1-4,17-21,23-24H,5-16H2/q+1. The van der Waals surface area contributed by atoms with Gasteiger partial charge >= 0.3 is 0 Å². The van der Waals surface area contributed by atoms with Crippen LogP contribution in [0.5, 0.6) is 0 Å². The molecule has 1 aromatic carbocycles.